The van der Waals surface area contributed by atoms with Gasteiger partial charge in [-0.05, 0) is 18.4 Å². The third-order valence-electron chi connectivity index (χ3n) is 5.86. The maximum absolute atomic E-state index is 11.8. The molecule has 2 amide bonds. The summed E-state index contributed by atoms with van der Waals surface area (Å²) >= 11 is 0. The molecule has 1 aromatic rings. The third-order valence-corrected chi connectivity index (χ3v) is 5.86. The number of benzene rings is 1. The Morgan fingerprint density at radius 2 is 1.03 bits per heavy atom. The molecule has 30 heavy (non-hydrogen) atoms. The quantitative estimate of drug-likeness (QED) is 0.209. The molecule has 3 nitrogen and oxygen atoms in total. The van der Waals surface area contributed by atoms with Crippen LogP contribution in [0.1, 0.15) is 115 Å². The van der Waals surface area contributed by atoms with Gasteiger partial charge in [0.2, 0.25) is 0 Å². The zero-order valence-electron chi connectivity index (χ0n) is 19.7. The Balaban J connectivity index is 1.73. The highest BCUT2D eigenvalue weighted by molar-refractivity contribution is 5.73. The second-order valence-electron chi connectivity index (χ2n) is 8.72. The molecule has 172 valence electrons. The number of carbonyl (C=O) groups excluding carboxylic acids is 1. The summed E-state index contributed by atoms with van der Waals surface area (Å²) in [6.07, 6.45) is 22.9. The zero-order valence-corrected chi connectivity index (χ0v) is 19.7. The standard InChI is InChI=1S/C27H48N2O/c1-2-3-4-5-6-7-8-9-10-11-12-13-14-15-16-20-24-28-27(30)29-25-23-26-21-18-17-19-22-26/h17-19,21-22H,2-16,20,23-25H2,1H3,(H2,28,29,30). The third kappa shape index (κ3) is 17.4. The van der Waals surface area contributed by atoms with Crippen LogP contribution in [0.25, 0.3) is 0 Å². The first-order valence-corrected chi connectivity index (χ1v) is 12.9. The lowest BCUT2D eigenvalue weighted by Gasteiger charge is -2.08. The minimum absolute atomic E-state index is 0.0353. The predicted molar refractivity (Wildman–Crippen MR) is 131 cm³/mol. The Labute approximate surface area is 186 Å². The van der Waals surface area contributed by atoms with E-state index in [9.17, 15) is 4.79 Å². The minimum atomic E-state index is -0.0353. The van der Waals surface area contributed by atoms with Gasteiger partial charge in [-0.1, -0.05) is 134 Å². The van der Waals surface area contributed by atoms with Gasteiger partial charge in [-0.15, -0.1) is 0 Å². The van der Waals surface area contributed by atoms with E-state index in [1.165, 1.54) is 102 Å². The average Bonchev–Trinajstić information content (AvgIpc) is 2.76. The lowest BCUT2D eigenvalue weighted by molar-refractivity contribution is 0.241. The van der Waals surface area contributed by atoms with Crippen molar-refractivity contribution >= 4 is 6.03 Å². The number of hydrogen-bond donors (Lipinski definition) is 2. The second kappa shape index (κ2) is 20.8. The number of unbranched alkanes of at least 4 members (excludes halogenated alkanes) is 15. The van der Waals surface area contributed by atoms with Crippen molar-refractivity contribution in [2.45, 2.75) is 116 Å². The fourth-order valence-corrected chi connectivity index (χ4v) is 3.90. The van der Waals surface area contributed by atoms with E-state index in [1.807, 2.05) is 18.2 Å². The first-order valence-electron chi connectivity index (χ1n) is 12.9. The molecule has 0 spiro atoms. The van der Waals surface area contributed by atoms with Gasteiger partial charge >= 0.3 is 6.03 Å². The maximum atomic E-state index is 11.8. The van der Waals surface area contributed by atoms with Crippen LogP contribution in [-0.4, -0.2) is 19.1 Å². The van der Waals surface area contributed by atoms with Gasteiger partial charge in [-0.25, -0.2) is 4.79 Å². The monoisotopic (exact) mass is 416 g/mol. The average molecular weight is 417 g/mol. The molecule has 1 aromatic carbocycles. The molecule has 0 atom stereocenters. The maximum Gasteiger partial charge on any atom is 0.314 e. The van der Waals surface area contributed by atoms with Crippen molar-refractivity contribution in [3.63, 3.8) is 0 Å². The topological polar surface area (TPSA) is 41.1 Å². The van der Waals surface area contributed by atoms with E-state index < -0.39 is 0 Å². The highest BCUT2D eigenvalue weighted by Crippen LogP contribution is 2.13. The highest BCUT2D eigenvalue weighted by atomic mass is 16.2. The van der Waals surface area contributed by atoms with Crippen LogP contribution in [0.3, 0.4) is 0 Å². The Hall–Kier alpha value is -1.51. The van der Waals surface area contributed by atoms with E-state index in [0.29, 0.717) is 6.54 Å². The van der Waals surface area contributed by atoms with Crippen LogP contribution in [-0.2, 0) is 6.42 Å². The number of rotatable bonds is 20. The zero-order chi connectivity index (χ0) is 21.5. The van der Waals surface area contributed by atoms with Crippen LogP contribution in [0, 0.1) is 0 Å². The van der Waals surface area contributed by atoms with Gasteiger partial charge in [-0.2, -0.15) is 0 Å². The van der Waals surface area contributed by atoms with Crippen LogP contribution in [0.2, 0.25) is 0 Å². The van der Waals surface area contributed by atoms with Gasteiger partial charge in [0.1, 0.15) is 0 Å². The van der Waals surface area contributed by atoms with Crippen LogP contribution in [0.15, 0.2) is 30.3 Å². The van der Waals surface area contributed by atoms with Gasteiger partial charge in [0.25, 0.3) is 0 Å². The van der Waals surface area contributed by atoms with Crippen LogP contribution in [0.4, 0.5) is 4.79 Å². The molecule has 1 rings (SSSR count). The molecule has 0 saturated carbocycles. The van der Waals surface area contributed by atoms with E-state index in [2.05, 4.69) is 29.7 Å². The molecule has 2 N–H and O–H groups in total. The van der Waals surface area contributed by atoms with E-state index in [0.717, 1.165) is 19.4 Å². The summed E-state index contributed by atoms with van der Waals surface area (Å²) in [7, 11) is 0. The number of urea groups is 1. The molecular weight excluding hydrogens is 368 g/mol. The molecule has 0 unspecified atom stereocenters. The van der Waals surface area contributed by atoms with Gasteiger partial charge in [0, 0.05) is 13.1 Å². The van der Waals surface area contributed by atoms with Crippen LogP contribution >= 0.6 is 0 Å². The number of carbonyl (C=O) groups is 1. The lowest BCUT2D eigenvalue weighted by atomic mass is 10.0. The summed E-state index contributed by atoms with van der Waals surface area (Å²) < 4.78 is 0. The second-order valence-corrected chi connectivity index (χ2v) is 8.72. The number of amides is 2. The van der Waals surface area contributed by atoms with Crippen molar-refractivity contribution in [3.05, 3.63) is 35.9 Å². The van der Waals surface area contributed by atoms with E-state index >= 15 is 0 Å². The molecular formula is C27H48N2O. The van der Waals surface area contributed by atoms with Gasteiger partial charge in [0.15, 0.2) is 0 Å². The van der Waals surface area contributed by atoms with Crippen molar-refractivity contribution < 1.29 is 4.79 Å². The summed E-state index contributed by atoms with van der Waals surface area (Å²) in [6.45, 7) is 3.76. The van der Waals surface area contributed by atoms with Crippen molar-refractivity contribution in [3.8, 4) is 0 Å². The molecule has 0 aromatic heterocycles. The van der Waals surface area contributed by atoms with E-state index in [1.54, 1.807) is 0 Å². The molecule has 0 heterocycles. The number of nitrogens with one attached hydrogen (secondary N) is 2. The normalized spacial score (nSPS) is 10.8. The SMILES string of the molecule is CCCCCCCCCCCCCCCCCCNC(=O)NCCc1ccccc1. The van der Waals surface area contributed by atoms with Crippen molar-refractivity contribution in [2.75, 3.05) is 13.1 Å². The van der Waals surface area contributed by atoms with Gasteiger partial charge in [0.05, 0.1) is 0 Å². The first-order chi connectivity index (χ1) is 14.8. The first kappa shape index (κ1) is 26.5. The largest absolute Gasteiger partial charge is 0.338 e. The summed E-state index contributed by atoms with van der Waals surface area (Å²) in [4.78, 5) is 11.8. The molecule has 3 heteroatoms. The van der Waals surface area contributed by atoms with E-state index in [-0.39, 0.29) is 6.03 Å². The van der Waals surface area contributed by atoms with Gasteiger partial charge < -0.3 is 10.6 Å². The Morgan fingerprint density at radius 3 is 1.53 bits per heavy atom. The summed E-state index contributed by atoms with van der Waals surface area (Å²) in [5.41, 5.74) is 1.26. The Kier molecular flexibility index (Phi) is 18.3. The number of hydrogen-bond acceptors (Lipinski definition) is 1. The Bertz CT molecular complexity index is 489. The lowest BCUT2D eigenvalue weighted by Crippen LogP contribution is -2.37. The van der Waals surface area contributed by atoms with Crippen molar-refractivity contribution in [1.29, 1.82) is 0 Å². The highest BCUT2D eigenvalue weighted by Gasteiger charge is 1.99. The van der Waals surface area contributed by atoms with Crippen molar-refractivity contribution in [1.82, 2.24) is 10.6 Å². The summed E-state index contributed by atoms with van der Waals surface area (Å²) in [5.74, 6) is 0. The summed E-state index contributed by atoms with van der Waals surface area (Å²) in [5, 5.41) is 5.90. The molecule has 0 fully saturated rings. The predicted octanol–water partition coefficient (Wildman–Crippen LogP) is 7.79. The molecule has 0 aliphatic carbocycles. The molecule has 0 bridgehead atoms. The fraction of sp³-hybridized carbons (Fsp3) is 0.741. The molecule has 0 saturated heterocycles. The molecule has 0 radical (unpaired) electrons. The molecule has 0 aliphatic heterocycles. The fourth-order valence-electron chi connectivity index (χ4n) is 3.90. The van der Waals surface area contributed by atoms with E-state index in [4.69, 9.17) is 0 Å². The minimum Gasteiger partial charge on any atom is -0.338 e. The Morgan fingerprint density at radius 1 is 0.600 bits per heavy atom. The smallest absolute Gasteiger partial charge is 0.314 e. The van der Waals surface area contributed by atoms with Crippen LogP contribution in [0.5, 0.6) is 0 Å². The van der Waals surface area contributed by atoms with Crippen molar-refractivity contribution in [2.24, 2.45) is 0 Å². The van der Waals surface area contributed by atoms with Crippen LogP contribution < -0.4 is 10.6 Å². The van der Waals surface area contributed by atoms with Gasteiger partial charge in [-0.3, -0.25) is 0 Å². The summed E-state index contributed by atoms with van der Waals surface area (Å²) in [6, 6.07) is 10.2. The molecule has 0 aliphatic rings.